The molecule has 0 spiro atoms. The fraction of sp³-hybridized carbons (Fsp3) is 0.471. The van der Waals surface area contributed by atoms with Crippen molar-refractivity contribution in [2.75, 3.05) is 13.2 Å². The number of benzene rings is 1. The molecule has 1 aromatic heterocycles. The molecule has 5 heteroatoms. The minimum Gasteiger partial charge on any atom is -0.486 e. The van der Waals surface area contributed by atoms with Crippen LogP contribution in [-0.2, 0) is 6.54 Å². The zero-order chi connectivity index (χ0) is 14.9. The molecule has 0 saturated heterocycles. The van der Waals surface area contributed by atoms with Gasteiger partial charge in [-0.05, 0) is 43.4 Å². The molecule has 0 radical (unpaired) electrons. The number of hydrogen-bond donors (Lipinski definition) is 2. The van der Waals surface area contributed by atoms with E-state index >= 15 is 0 Å². The van der Waals surface area contributed by atoms with Gasteiger partial charge in [0.25, 0.3) is 0 Å². The second-order valence-electron chi connectivity index (χ2n) is 6.12. The first-order valence-corrected chi connectivity index (χ1v) is 7.93. The maximum Gasteiger partial charge on any atom is 0.161 e. The van der Waals surface area contributed by atoms with Crippen LogP contribution in [0.3, 0.4) is 0 Å². The van der Waals surface area contributed by atoms with Crippen LogP contribution in [0.2, 0.25) is 0 Å². The quantitative estimate of drug-likeness (QED) is 0.891. The predicted octanol–water partition coefficient (Wildman–Crippen LogP) is 2.73. The van der Waals surface area contributed by atoms with Gasteiger partial charge in [0.1, 0.15) is 13.2 Å². The van der Waals surface area contributed by atoms with Crippen molar-refractivity contribution < 1.29 is 9.47 Å². The normalized spacial score (nSPS) is 18.2. The average Bonchev–Trinajstić information content (AvgIpc) is 3.30. The van der Waals surface area contributed by atoms with E-state index in [1.54, 1.807) is 0 Å². The summed E-state index contributed by atoms with van der Waals surface area (Å²) >= 11 is 0. The van der Waals surface area contributed by atoms with Crippen molar-refractivity contribution in [1.82, 2.24) is 15.5 Å². The molecule has 5 nitrogen and oxygen atoms in total. The van der Waals surface area contributed by atoms with Crippen LogP contribution >= 0.6 is 0 Å². The molecule has 2 heterocycles. The van der Waals surface area contributed by atoms with Crippen LogP contribution in [0, 0.1) is 12.8 Å². The lowest BCUT2D eigenvalue weighted by Crippen LogP contribution is -2.23. The maximum atomic E-state index is 5.72. The van der Waals surface area contributed by atoms with Crippen molar-refractivity contribution in [2.24, 2.45) is 5.92 Å². The summed E-state index contributed by atoms with van der Waals surface area (Å²) < 4.78 is 11.3. The van der Waals surface area contributed by atoms with E-state index in [1.807, 2.05) is 12.3 Å². The summed E-state index contributed by atoms with van der Waals surface area (Å²) in [6.07, 6.45) is 4.48. The smallest absolute Gasteiger partial charge is 0.161 e. The molecule has 0 bridgehead atoms. The number of fused-ring (bicyclic) bond motifs is 1. The fourth-order valence-electron chi connectivity index (χ4n) is 3.01. The highest BCUT2D eigenvalue weighted by molar-refractivity contribution is 5.45. The maximum absolute atomic E-state index is 5.72. The minimum absolute atomic E-state index is 0.366. The Labute approximate surface area is 130 Å². The van der Waals surface area contributed by atoms with Crippen LogP contribution < -0.4 is 14.8 Å². The number of rotatable bonds is 5. The van der Waals surface area contributed by atoms with Crippen LogP contribution in [-0.4, -0.2) is 23.4 Å². The Bertz CT molecular complexity index is 664. The van der Waals surface area contributed by atoms with Crippen molar-refractivity contribution >= 4 is 0 Å². The first-order valence-electron chi connectivity index (χ1n) is 7.93. The Morgan fingerprint density at radius 3 is 2.82 bits per heavy atom. The molecular weight excluding hydrogens is 278 g/mol. The van der Waals surface area contributed by atoms with E-state index in [4.69, 9.17) is 9.47 Å². The van der Waals surface area contributed by atoms with Gasteiger partial charge in [0, 0.05) is 23.8 Å². The van der Waals surface area contributed by atoms with E-state index in [-0.39, 0.29) is 0 Å². The standard InChI is InChI=1S/C17H21N3O2/c1-11-14(10-19-20-11)9-18-17(12-2-3-12)13-4-5-15-16(8-13)22-7-6-21-15/h4-5,8,10,12,17-18H,2-3,6-7,9H2,1H3,(H,19,20). The molecule has 2 aromatic rings. The lowest BCUT2D eigenvalue weighted by Gasteiger charge is -2.23. The van der Waals surface area contributed by atoms with Gasteiger partial charge < -0.3 is 14.8 Å². The van der Waals surface area contributed by atoms with Crippen molar-refractivity contribution in [3.63, 3.8) is 0 Å². The van der Waals surface area contributed by atoms with Crippen molar-refractivity contribution in [3.05, 3.63) is 41.2 Å². The van der Waals surface area contributed by atoms with Crippen LogP contribution in [0.4, 0.5) is 0 Å². The number of H-pyrrole nitrogens is 1. The molecule has 1 aliphatic heterocycles. The monoisotopic (exact) mass is 299 g/mol. The molecule has 1 saturated carbocycles. The number of aromatic amines is 1. The van der Waals surface area contributed by atoms with Gasteiger partial charge in [0.05, 0.1) is 6.20 Å². The first-order chi connectivity index (χ1) is 10.8. The van der Waals surface area contributed by atoms with Gasteiger partial charge in [0.2, 0.25) is 0 Å². The molecule has 1 unspecified atom stereocenters. The van der Waals surface area contributed by atoms with Crippen molar-refractivity contribution in [1.29, 1.82) is 0 Å². The summed E-state index contributed by atoms with van der Waals surface area (Å²) in [4.78, 5) is 0. The second kappa shape index (κ2) is 5.65. The number of aryl methyl sites for hydroxylation is 1. The van der Waals surface area contributed by atoms with Crippen LogP contribution in [0.25, 0.3) is 0 Å². The molecule has 2 aliphatic rings. The number of aromatic nitrogens is 2. The zero-order valence-electron chi connectivity index (χ0n) is 12.8. The third kappa shape index (κ3) is 2.68. The summed E-state index contributed by atoms with van der Waals surface area (Å²) in [6.45, 7) is 4.15. The average molecular weight is 299 g/mol. The van der Waals surface area contributed by atoms with Crippen LogP contribution in [0.15, 0.2) is 24.4 Å². The Balaban J connectivity index is 1.53. The van der Waals surface area contributed by atoms with E-state index < -0.39 is 0 Å². The zero-order valence-corrected chi connectivity index (χ0v) is 12.8. The number of hydrogen-bond acceptors (Lipinski definition) is 4. The SMILES string of the molecule is Cc1[nH]ncc1CNC(c1ccc2c(c1)OCCO2)C1CC1. The van der Waals surface area contributed by atoms with Crippen molar-refractivity contribution in [2.45, 2.75) is 32.4 Å². The lowest BCUT2D eigenvalue weighted by atomic mass is 10.0. The van der Waals surface area contributed by atoms with Gasteiger partial charge in [-0.1, -0.05) is 6.07 Å². The molecular formula is C17H21N3O2. The topological polar surface area (TPSA) is 59.2 Å². The van der Waals surface area contributed by atoms with E-state index in [1.165, 1.54) is 24.0 Å². The second-order valence-corrected chi connectivity index (χ2v) is 6.12. The Hall–Kier alpha value is -2.01. The van der Waals surface area contributed by atoms with E-state index in [9.17, 15) is 0 Å². The molecule has 2 N–H and O–H groups in total. The van der Waals surface area contributed by atoms with Crippen LogP contribution in [0.5, 0.6) is 11.5 Å². The molecule has 4 rings (SSSR count). The molecule has 116 valence electrons. The largest absolute Gasteiger partial charge is 0.486 e. The molecule has 0 amide bonds. The highest BCUT2D eigenvalue weighted by atomic mass is 16.6. The third-order valence-corrected chi connectivity index (χ3v) is 4.47. The van der Waals surface area contributed by atoms with E-state index in [2.05, 4.69) is 34.6 Å². The van der Waals surface area contributed by atoms with Crippen LogP contribution in [0.1, 0.15) is 35.7 Å². The third-order valence-electron chi connectivity index (χ3n) is 4.47. The lowest BCUT2D eigenvalue weighted by molar-refractivity contribution is 0.171. The first kappa shape index (κ1) is 13.6. The van der Waals surface area contributed by atoms with Gasteiger partial charge >= 0.3 is 0 Å². The summed E-state index contributed by atoms with van der Waals surface area (Å²) in [5, 5.41) is 10.8. The number of ether oxygens (including phenoxy) is 2. The van der Waals surface area contributed by atoms with E-state index in [0.717, 1.165) is 29.7 Å². The van der Waals surface area contributed by atoms with E-state index in [0.29, 0.717) is 19.3 Å². The van der Waals surface area contributed by atoms with Gasteiger partial charge in [0.15, 0.2) is 11.5 Å². The highest BCUT2D eigenvalue weighted by Gasteiger charge is 2.32. The van der Waals surface area contributed by atoms with Gasteiger partial charge in [-0.3, -0.25) is 5.10 Å². The molecule has 1 aliphatic carbocycles. The van der Waals surface area contributed by atoms with Gasteiger partial charge in [-0.25, -0.2) is 0 Å². The minimum atomic E-state index is 0.366. The molecule has 22 heavy (non-hydrogen) atoms. The van der Waals surface area contributed by atoms with Crippen molar-refractivity contribution in [3.8, 4) is 11.5 Å². The predicted molar refractivity (Wildman–Crippen MR) is 83.1 cm³/mol. The summed E-state index contributed by atoms with van der Waals surface area (Å²) in [6, 6.07) is 6.69. The molecule has 1 atom stereocenters. The number of nitrogens with zero attached hydrogens (tertiary/aromatic N) is 1. The van der Waals surface area contributed by atoms with Gasteiger partial charge in [-0.2, -0.15) is 5.10 Å². The number of nitrogens with one attached hydrogen (secondary N) is 2. The Morgan fingerprint density at radius 2 is 2.09 bits per heavy atom. The fourth-order valence-corrected chi connectivity index (χ4v) is 3.01. The van der Waals surface area contributed by atoms with Gasteiger partial charge in [-0.15, -0.1) is 0 Å². The molecule has 1 aromatic carbocycles. The summed E-state index contributed by atoms with van der Waals surface area (Å²) in [5.74, 6) is 2.45. The summed E-state index contributed by atoms with van der Waals surface area (Å²) in [5.41, 5.74) is 3.64. The Morgan fingerprint density at radius 1 is 1.27 bits per heavy atom. The molecule has 1 fully saturated rings. The Kier molecular flexibility index (Phi) is 3.50. The highest BCUT2D eigenvalue weighted by Crippen LogP contribution is 2.43. The summed E-state index contributed by atoms with van der Waals surface area (Å²) in [7, 11) is 0.